The SMILES string of the molecule is CCCCCCCCCCCC1=NCCN1CCN(CC)CC. The summed E-state index contributed by atoms with van der Waals surface area (Å²) in [4.78, 5) is 9.78. The first-order valence-corrected chi connectivity index (χ1v) is 10.3. The zero-order chi connectivity index (χ0) is 16.8. The Morgan fingerprint density at radius 1 is 0.870 bits per heavy atom. The number of amidine groups is 1. The molecule has 0 unspecified atom stereocenters. The number of hydrogen-bond acceptors (Lipinski definition) is 3. The highest BCUT2D eigenvalue weighted by molar-refractivity contribution is 5.83. The van der Waals surface area contributed by atoms with Gasteiger partial charge in [0, 0.05) is 26.1 Å². The lowest BCUT2D eigenvalue weighted by atomic mass is 10.1. The van der Waals surface area contributed by atoms with Gasteiger partial charge < -0.3 is 9.80 Å². The molecule has 1 heterocycles. The Hall–Kier alpha value is -0.570. The third kappa shape index (κ3) is 9.34. The van der Waals surface area contributed by atoms with Crippen molar-refractivity contribution in [3.8, 4) is 0 Å². The first kappa shape index (κ1) is 20.5. The Morgan fingerprint density at radius 3 is 2.09 bits per heavy atom. The largest absolute Gasteiger partial charge is 0.357 e. The molecule has 136 valence electrons. The highest BCUT2D eigenvalue weighted by Gasteiger charge is 2.16. The smallest absolute Gasteiger partial charge is 0.0990 e. The van der Waals surface area contributed by atoms with Crippen molar-refractivity contribution in [3.63, 3.8) is 0 Å². The first-order valence-electron chi connectivity index (χ1n) is 10.3. The van der Waals surface area contributed by atoms with Crippen LogP contribution in [0.4, 0.5) is 0 Å². The summed E-state index contributed by atoms with van der Waals surface area (Å²) >= 11 is 0. The predicted molar refractivity (Wildman–Crippen MR) is 104 cm³/mol. The lowest BCUT2D eigenvalue weighted by Crippen LogP contribution is -2.37. The maximum atomic E-state index is 4.74. The second-order valence-electron chi connectivity index (χ2n) is 6.89. The number of unbranched alkanes of at least 4 members (excludes halogenated alkanes) is 8. The maximum absolute atomic E-state index is 4.74. The van der Waals surface area contributed by atoms with E-state index in [2.05, 4.69) is 30.6 Å². The molecule has 1 aliphatic rings. The van der Waals surface area contributed by atoms with Crippen molar-refractivity contribution in [2.75, 3.05) is 39.3 Å². The topological polar surface area (TPSA) is 18.8 Å². The Labute approximate surface area is 145 Å². The fraction of sp³-hybridized carbons (Fsp3) is 0.950. The molecule has 0 aliphatic carbocycles. The van der Waals surface area contributed by atoms with Gasteiger partial charge in [-0.2, -0.15) is 0 Å². The minimum absolute atomic E-state index is 1.02. The molecule has 0 spiro atoms. The molecular formula is C20H41N3. The van der Waals surface area contributed by atoms with Crippen LogP contribution in [-0.2, 0) is 0 Å². The molecule has 3 heteroatoms. The summed E-state index contributed by atoms with van der Waals surface area (Å²) in [7, 11) is 0. The van der Waals surface area contributed by atoms with Crippen LogP contribution in [0, 0.1) is 0 Å². The fourth-order valence-electron chi connectivity index (χ4n) is 3.40. The molecule has 0 N–H and O–H groups in total. The molecule has 0 aromatic carbocycles. The summed E-state index contributed by atoms with van der Waals surface area (Å²) < 4.78 is 0. The van der Waals surface area contributed by atoms with Crippen molar-refractivity contribution < 1.29 is 0 Å². The normalized spacial score (nSPS) is 14.8. The van der Waals surface area contributed by atoms with E-state index >= 15 is 0 Å². The van der Waals surface area contributed by atoms with Gasteiger partial charge in [-0.15, -0.1) is 0 Å². The van der Waals surface area contributed by atoms with E-state index in [1.54, 1.807) is 0 Å². The number of rotatable bonds is 15. The molecule has 0 amide bonds. The standard InChI is InChI=1S/C20H41N3/c1-4-7-8-9-10-11-12-13-14-15-20-21-16-17-23(20)19-18-22(5-2)6-3/h4-19H2,1-3H3. The van der Waals surface area contributed by atoms with E-state index in [0.717, 1.165) is 32.7 Å². The monoisotopic (exact) mass is 323 g/mol. The molecule has 1 rings (SSSR count). The molecule has 0 bridgehead atoms. The fourth-order valence-corrected chi connectivity index (χ4v) is 3.40. The highest BCUT2D eigenvalue weighted by atomic mass is 15.3. The van der Waals surface area contributed by atoms with Crippen LogP contribution in [0.1, 0.15) is 85.0 Å². The van der Waals surface area contributed by atoms with Crippen molar-refractivity contribution in [1.29, 1.82) is 0 Å². The highest BCUT2D eigenvalue weighted by Crippen LogP contribution is 2.13. The molecule has 0 saturated carbocycles. The van der Waals surface area contributed by atoms with Gasteiger partial charge in [-0.05, 0) is 19.5 Å². The summed E-state index contributed by atoms with van der Waals surface area (Å²) in [5.74, 6) is 1.39. The lowest BCUT2D eigenvalue weighted by Gasteiger charge is -2.25. The van der Waals surface area contributed by atoms with E-state index in [4.69, 9.17) is 4.99 Å². The molecule has 0 aromatic rings. The Morgan fingerprint density at radius 2 is 1.48 bits per heavy atom. The summed E-state index contributed by atoms with van der Waals surface area (Å²) in [6.45, 7) is 13.6. The van der Waals surface area contributed by atoms with Gasteiger partial charge in [0.15, 0.2) is 0 Å². The van der Waals surface area contributed by atoms with E-state index in [1.807, 2.05) is 0 Å². The molecule has 3 nitrogen and oxygen atoms in total. The van der Waals surface area contributed by atoms with Crippen LogP contribution in [0.2, 0.25) is 0 Å². The van der Waals surface area contributed by atoms with Crippen LogP contribution >= 0.6 is 0 Å². The summed E-state index contributed by atoms with van der Waals surface area (Å²) in [6, 6.07) is 0. The van der Waals surface area contributed by atoms with Gasteiger partial charge in [0.25, 0.3) is 0 Å². The van der Waals surface area contributed by atoms with Crippen LogP contribution in [-0.4, -0.2) is 54.9 Å². The Bertz CT molecular complexity index is 297. The maximum Gasteiger partial charge on any atom is 0.0990 e. The molecule has 1 aliphatic heterocycles. The first-order chi connectivity index (χ1) is 11.3. The second kappa shape index (κ2) is 13.8. The van der Waals surface area contributed by atoms with E-state index in [1.165, 1.54) is 76.6 Å². The van der Waals surface area contributed by atoms with Crippen LogP contribution in [0.5, 0.6) is 0 Å². The van der Waals surface area contributed by atoms with Crippen LogP contribution in [0.15, 0.2) is 4.99 Å². The predicted octanol–water partition coefficient (Wildman–Crippen LogP) is 4.96. The van der Waals surface area contributed by atoms with Crippen molar-refractivity contribution in [2.24, 2.45) is 4.99 Å². The molecule has 0 fully saturated rings. The van der Waals surface area contributed by atoms with Crippen molar-refractivity contribution in [2.45, 2.75) is 85.0 Å². The molecule has 0 radical (unpaired) electrons. The molecule has 0 aromatic heterocycles. The van der Waals surface area contributed by atoms with Crippen molar-refractivity contribution in [1.82, 2.24) is 9.80 Å². The van der Waals surface area contributed by atoms with Crippen molar-refractivity contribution >= 4 is 5.84 Å². The molecular weight excluding hydrogens is 282 g/mol. The Balaban J connectivity index is 2.03. The molecule has 23 heavy (non-hydrogen) atoms. The minimum Gasteiger partial charge on any atom is -0.357 e. The van der Waals surface area contributed by atoms with Gasteiger partial charge in [-0.3, -0.25) is 4.99 Å². The summed E-state index contributed by atoms with van der Waals surface area (Å²) in [5, 5.41) is 0. The third-order valence-electron chi connectivity index (χ3n) is 5.11. The quantitative estimate of drug-likeness (QED) is 0.397. The van der Waals surface area contributed by atoms with E-state index < -0.39 is 0 Å². The van der Waals surface area contributed by atoms with E-state index in [0.29, 0.717) is 0 Å². The number of likely N-dealkylation sites (N-methyl/N-ethyl adjacent to an activating group) is 1. The zero-order valence-corrected chi connectivity index (χ0v) is 16.2. The average molecular weight is 324 g/mol. The summed E-state index contributed by atoms with van der Waals surface area (Å²) in [5.41, 5.74) is 0. The van der Waals surface area contributed by atoms with Gasteiger partial charge in [0.05, 0.1) is 12.4 Å². The van der Waals surface area contributed by atoms with E-state index in [9.17, 15) is 0 Å². The van der Waals surface area contributed by atoms with E-state index in [-0.39, 0.29) is 0 Å². The molecule has 0 atom stereocenters. The van der Waals surface area contributed by atoms with Crippen LogP contribution in [0.25, 0.3) is 0 Å². The number of aliphatic imine (C=N–C) groups is 1. The number of nitrogens with zero attached hydrogens (tertiary/aromatic N) is 3. The lowest BCUT2D eigenvalue weighted by molar-refractivity contribution is 0.272. The summed E-state index contributed by atoms with van der Waals surface area (Å²) in [6.07, 6.45) is 13.9. The van der Waals surface area contributed by atoms with Gasteiger partial charge in [0.2, 0.25) is 0 Å². The zero-order valence-electron chi connectivity index (χ0n) is 16.2. The van der Waals surface area contributed by atoms with Crippen molar-refractivity contribution in [3.05, 3.63) is 0 Å². The second-order valence-corrected chi connectivity index (χ2v) is 6.89. The Kier molecular flexibility index (Phi) is 12.3. The van der Waals surface area contributed by atoms with Gasteiger partial charge in [0.1, 0.15) is 0 Å². The number of hydrogen-bond donors (Lipinski definition) is 0. The molecule has 0 saturated heterocycles. The minimum atomic E-state index is 1.02. The van der Waals surface area contributed by atoms with Gasteiger partial charge in [-0.1, -0.05) is 72.1 Å². The third-order valence-corrected chi connectivity index (χ3v) is 5.11. The van der Waals surface area contributed by atoms with Gasteiger partial charge in [-0.25, -0.2) is 0 Å². The van der Waals surface area contributed by atoms with Crippen LogP contribution in [0.3, 0.4) is 0 Å². The average Bonchev–Trinajstić information content (AvgIpc) is 3.02. The van der Waals surface area contributed by atoms with Crippen LogP contribution < -0.4 is 0 Å². The van der Waals surface area contributed by atoms with Gasteiger partial charge >= 0.3 is 0 Å².